The molecule has 1 aromatic rings. The van der Waals surface area contributed by atoms with Gasteiger partial charge in [-0.1, -0.05) is 18.6 Å². The maximum Gasteiger partial charge on any atom is 0.414 e. The predicted octanol–water partition coefficient (Wildman–Crippen LogP) is 3.05. The molecule has 1 aliphatic heterocycles. The van der Waals surface area contributed by atoms with Crippen LogP contribution in [0.25, 0.3) is 0 Å². The zero-order chi connectivity index (χ0) is 20.7. The minimum atomic E-state index is -1.82. The summed E-state index contributed by atoms with van der Waals surface area (Å²) in [7, 11) is 0. The van der Waals surface area contributed by atoms with Gasteiger partial charge in [-0.25, -0.2) is 9.59 Å². The van der Waals surface area contributed by atoms with Gasteiger partial charge in [-0.3, -0.25) is 9.69 Å². The number of rotatable bonds is 4. The molecule has 1 saturated carbocycles. The molecule has 7 nitrogen and oxygen atoms in total. The lowest BCUT2D eigenvalue weighted by Crippen LogP contribution is -2.43. The fraction of sp³-hybridized carbons (Fsp3) is 0.571. The lowest BCUT2D eigenvalue weighted by Gasteiger charge is -2.37. The number of anilines is 1. The molecule has 1 aromatic carbocycles. The fourth-order valence-electron chi connectivity index (χ4n) is 4.16. The van der Waals surface area contributed by atoms with Crippen LogP contribution in [0.4, 0.5) is 5.69 Å². The second-order valence-corrected chi connectivity index (χ2v) is 7.66. The molecule has 0 radical (unpaired) electrons. The summed E-state index contributed by atoms with van der Waals surface area (Å²) in [5, 5.41) is 17.9. The summed E-state index contributed by atoms with van der Waals surface area (Å²) in [6.07, 6.45) is 7.42. The number of likely N-dealkylation sites (tertiary alicyclic amines) is 1. The van der Waals surface area contributed by atoms with Gasteiger partial charge >= 0.3 is 11.9 Å². The van der Waals surface area contributed by atoms with Gasteiger partial charge in [0.25, 0.3) is 0 Å². The number of nitrogens with one attached hydrogen (secondary N) is 1. The quantitative estimate of drug-likeness (QED) is 0.682. The molecule has 28 heavy (non-hydrogen) atoms. The van der Waals surface area contributed by atoms with Crippen LogP contribution in [0, 0.1) is 19.8 Å². The van der Waals surface area contributed by atoms with Crippen molar-refractivity contribution in [1.82, 2.24) is 4.90 Å². The second-order valence-electron chi connectivity index (χ2n) is 7.66. The van der Waals surface area contributed by atoms with Crippen LogP contribution < -0.4 is 5.32 Å². The Morgan fingerprint density at radius 1 is 1.07 bits per heavy atom. The molecule has 1 amide bonds. The Morgan fingerprint density at radius 2 is 1.75 bits per heavy atom. The zero-order valence-electron chi connectivity index (χ0n) is 16.6. The molecule has 0 aromatic heterocycles. The molecule has 154 valence electrons. The molecule has 2 aliphatic rings. The van der Waals surface area contributed by atoms with Crippen molar-refractivity contribution < 1.29 is 24.6 Å². The molecule has 3 rings (SSSR count). The third-order valence-electron chi connectivity index (χ3n) is 5.58. The summed E-state index contributed by atoms with van der Waals surface area (Å²) >= 11 is 0. The van der Waals surface area contributed by atoms with Crippen LogP contribution in [0.1, 0.15) is 49.7 Å². The number of carbonyl (C=O) groups excluding carboxylic acids is 1. The lowest BCUT2D eigenvalue weighted by atomic mass is 9.92. The molecular formula is C21H30N2O5. The Hall–Kier alpha value is -2.41. The van der Waals surface area contributed by atoms with Crippen molar-refractivity contribution in [2.75, 3.05) is 18.4 Å². The Labute approximate surface area is 165 Å². The zero-order valence-corrected chi connectivity index (χ0v) is 16.6. The van der Waals surface area contributed by atoms with E-state index in [9.17, 15) is 4.79 Å². The van der Waals surface area contributed by atoms with Crippen LogP contribution in [-0.2, 0) is 14.4 Å². The van der Waals surface area contributed by atoms with Crippen molar-refractivity contribution in [3.63, 3.8) is 0 Å². The van der Waals surface area contributed by atoms with Crippen LogP contribution in [0.15, 0.2) is 18.2 Å². The number of hydrogen-bond acceptors (Lipinski definition) is 4. The minimum absolute atomic E-state index is 0.147. The molecule has 0 bridgehead atoms. The molecule has 2 atom stereocenters. The van der Waals surface area contributed by atoms with E-state index in [-0.39, 0.29) is 5.91 Å². The number of carboxylic acid groups (broad SMARTS) is 2. The van der Waals surface area contributed by atoms with Crippen LogP contribution in [0.5, 0.6) is 0 Å². The smallest absolute Gasteiger partial charge is 0.414 e. The van der Waals surface area contributed by atoms with E-state index in [2.05, 4.69) is 35.3 Å². The number of hydrogen-bond donors (Lipinski definition) is 3. The van der Waals surface area contributed by atoms with E-state index < -0.39 is 11.9 Å². The number of fused-ring (bicyclic) bond motifs is 1. The van der Waals surface area contributed by atoms with Gasteiger partial charge in [0.15, 0.2) is 0 Å². The average molecular weight is 390 g/mol. The van der Waals surface area contributed by atoms with E-state index in [1.807, 2.05) is 6.92 Å². The fourth-order valence-corrected chi connectivity index (χ4v) is 4.16. The van der Waals surface area contributed by atoms with E-state index in [1.165, 1.54) is 44.2 Å². The molecule has 1 aliphatic carbocycles. The molecular weight excluding hydrogens is 360 g/mol. The summed E-state index contributed by atoms with van der Waals surface area (Å²) in [4.78, 5) is 33.0. The van der Waals surface area contributed by atoms with Gasteiger partial charge in [0.05, 0.1) is 0 Å². The van der Waals surface area contributed by atoms with E-state index in [4.69, 9.17) is 19.8 Å². The van der Waals surface area contributed by atoms with Crippen molar-refractivity contribution in [2.45, 2.75) is 58.4 Å². The monoisotopic (exact) mass is 390 g/mol. The molecule has 3 N–H and O–H groups in total. The number of benzene rings is 1. The van der Waals surface area contributed by atoms with Gasteiger partial charge in [0, 0.05) is 24.7 Å². The number of piperidine rings is 1. The summed E-state index contributed by atoms with van der Waals surface area (Å²) < 4.78 is 0. The minimum Gasteiger partial charge on any atom is -0.473 e. The normalized spacial score (nSPS) is 21.2. The standard InChI is InChI=1S/C19H28N2O.C2H2O4/c1-14-8-9-15(2)17(13-14)20-19(22)10-12-21-11-4-6-16-5-3-7-18(16)21;3-1(4)2(5)6/h8-9,13,16,18H,3-7,10-12H2,1-2H3,(H,20,22);(H,3,4)(H,5,6)/t16-,18+;/m1./s1. The van der Waals surface area contributed by atoms with Gasteiger partial charge < -0.3 is 15.5 Å². The lowest BCUT2D eigenvalue weighted by molar-refractivity contribution is -0.159. The van der Waals surface area contributed by atoms with Gasteiger partial charge in [0.1, 0.15) is 0 Å². The third-order valence-corrected chi connectivity index (χ3v) is 5.58. The van der Waals surface area contributed by atoms with Crippen LogP contribution in [-0.4, -0.2) is 52.1 Å². The highest BCUT2D eigenvalue weighted by Gasteiger charge is 2.34. The van der Waals surface area contributed by atoms with Crippen molar-refractivity contribution in [3.8, 4) is 0 Å². The molecule has 0 spiro atoms. The number of carboxylic acids is 2. The first-order valence-electron chi connectivity index (χ1n) is 9.85. The van der Waals surface area contributed by atoms with Crippen LogP contribution in [0.3, 0.4) is 0 Å². The Balaban J connectivity index is 0.000000409. The first-order chi connectivity index (χ1) is 13.3. The Bertz CT molecular complexity index is 707. The highest BCUT2D eigenvalue weighted by molar-refractivity contribution is 6.27. The predicted molar refractivity (Wildman–Crippen MR) is 106 cm³/mol. The molecule has 1 heterocycles. The van der Waals surface area contributed by atoms with Crippen molar-refractivity contribution >= 4 is 23.5 Å². The van der Waals surface area contributed by atoms with E-state index in [0.717, 1.165) is 29.8 Å². The molecule has 2 fully saturated rings. The topological polar surface area (TPSA) is 107 Å². The highest BCUT2D eigenvalue weighted by atomic mass is 16.4. The summed E-state index contributed by atoms with van der Waals surface area (Å²) in [5.41, 5.74) is 3.28. The summed E-state index contributed by atoms with van der Waals surface area (Å²) in [6, 6.07) is 6.96. The SMILES string of the molecule is Cc1ccc(C)c(NC(=O)CCN2CCC[C@H]3CCC[C@@H]32)c1.O=C(O)C(=O)O. The van der Waals surface area contributed by atoms with Crippen molar-refractivity contribution in [3.05, 3.63) is 29.3 Å². The molecule has 1 saturated heterocycles. The summed E-state index contributed by atoms with van der Waals surface area (Å²) in [5.74, 6) is -2.60. The number of aryl methyl sites for hydroxylation is 2. The largest absolute Gasteiger partial charge is 0.473 e. The van der Waals surface area contributed by atoms with Crippen LogP contribution >= 0.6 is 0 Å². The summed E-state index contributed by atoms with van der Waals surface area (Å²) in [6.45, 7) is 6.20. The van der Waals surface area contributed by atoms with Crippen LogP contribution in [0.2, 0.25) is 0 Å². The van der Waals surface area contributed by atoms with Gasteiger partial charge in [0.2, 0.25) is 5.91 Å². The molecule has 0 unspecified atom stereocenters. The van der Waals surface area contributed by atoms with Gasteiger partial charge in [-0.15, -0.1) is 0 Å². The second kappa shape index (κ2) is 10.2. The van der Waals surface area contributed by atoms with Crippen molar-refractivity contribution in [1.29, 1.82) is 0 Å². The van der Waals surface area contributed by atoms with Gasteiger partial charge in [-0.2, -0.15) is 0 Å². The average Bonchev–Trinajstić information content (AvgIpc) is 3.13. The van der Waals surface area contributed by atoms with Gasteiger partial charge in [-0.05, 0) is 69.2 Å². The maximum absolute atomic E-state index is 12.3. The third kappa shape index (κ3) is 6.34. The number of carbonyl (C=O) groups is 3. The first kappa shape index (κ1) is 21.9. The Kier molecular flexibility index (Phi) is 7.99. The maximum atomic E-state index is 12.3. The first-order valence-corrected chi connectivity index (χ1v) is 9.85. The van der Waals surface area contributed by atoms with E-state index in [1.54, 1.807) is 0 Å². The van der Waals surface area contributed by atoms with Crippen molar-refractivity contribution in [2.24, 2.45) is 5.92 Å². The number of aliphatic carboxylic acids is 2. The number of amides is 1. The van der Waals surface area contributed by atoms with E-state index >= 15 is 0 Å². The number of nitrogens with zero attached hydrogens (tertiary/aromatic N) is 1. The van der Waals surface area contributed by atoms with E-state index in [0.29, 0.717) is 6.42 Å². The molecule has 7 heteroatoms. The highest BCUT2D eigenvalue weighted by Crippen LogP contribution is 2.36. The Morgan fingerprint density at radius 3 is 2.43 bits per heavy atom.